The highest BCUT2D eigenvalue weighted by atomic mass is 32.1. The fourth-order valence-corrected chi connectivity index (χ4v) is 4.63. The van der Waals surface area contributed by atoms with Crippen molar-refractivity contribution < 1.29 is 14.3 Å². The van der Waals surface area contributed by atoms with Gasteiger partial charge in [-0.3, -0.25) is 9.59 Å². The van der Waals surface area contributed by atoms with E-state index in [1.807, 2.05) is 72.5 Å². The highest BCUT2D eigenvalue weighted by Gasteiger charge is 2.20. The first-order valence-electron chi connectivity index (χ1n) is 9.86. The van der Waals surface area contributed by atoms with Gasteiger partial charge in [-0.15, -0.1) is 11.3 Å². The van der Waals surface area contributed by atoms with Crippen molar-refractivity contribution >= 4 is 33.8 Å². The van der Waals surface area contributed by atoms with E-state index in [0.717, 1.165) is 22.3 Å². The minimum Gasteiger partial charge on any atom is -0.383 e. The molecule has 0 N–H and O–H groups in total. The number of carbonyl (C=O) groups is 2. The van der Waals surface area contributed by atoms with Gasteiger partial charge in [-0.1, -0.05) is 24.3 Å². The molecule has 3 aromatic heterocycles. The largest absolute Gasteiger partial charge is 0.383 e. The number of aryl methyl sites for hydroxylation is 1. The molecule has 3 heterocycles. The summed E-state index contributed by atoms with van der Waals surface area (Å²) in [5.74, 6) is 0.0211. The van der Waals surface area contributed by atoms with Gasteiger partial charge >= 0.3 is 0 Å². The number of ether oxygens (including phenoxy) is 1. The van der Waals surface area contributed by atoms with Crippen LogP contribution in [0.2, 0.25) is 0 Å². The van der Waals surface area contributed by atoms with Crippen LogP contribution in [0.3, 0.4) is 0 Å². The lowest BCUT2D eigenvalue weighted by Gasteiger charge is -2.09. The molecule has 0 saturated carbocycles. The number of thiophene rings is 1. The van der Waals surface area contributed by atoms with Crippen LogP contribution >= 0.6 is 11.3 Å². The number of hydrogen-bond donors (Lipinski definition) is 0. The highest BCUT2D eigenvalue weighted by molar-refractivity contribution is 7.12. The van der Waals surface area contributed by atoms with Crippen molar-refractivity contribution in [1.82, 2.24) is 9.13 Å². The molecule has 0 unspecified atom stereocenters. The van der Waals surface area contributed by atoms with E-state index in [-0.39, 0.29) is 18.1 Å². The quantitative estimate of drug-likeness (QED) is 0.382. The Morgan fingerprint density at radius 3 is 2.60 bits per heavy atom. The molecule has 1 aromatic carbocycles. The predicted molar refractivity (Wildman–Crippen MR) is 120 cm³/mol. The molecule has 0 aliphatic rings. The first-order valence-corrected chi connectivity index (χ1v) is 10.7. The maximum Gasteiger partial charge on any atom is 0.205 e. The number of carbonyl (C=O) groups excluding carboxylic acids is 2. The highest BCUT2D eigenvalue weighted by Crippen LogP contribution is 2.26. The summed E-state index contributed by atoms with van der Waals surface area (Å²) < 4.78 is 9.18. The second kappa shape index (κ2) is 8.42. The minimum atomic E-state index is -0.00913. The Bertz CT molecular complexity index is 1220. The minimum absolute atomic E-state index is 0.00913. The Hall–Kier alpha value is -2.96. The summed E-state index contributed by atoms with van der Waals surface area (Å²) in [6.07, 6.45) is 1.81. The summed E-state index contributed by atoms with van der Waals surface area (Å²) in [5, 5.41) is 2.77. The lowest BCUT2D eigenvalue weighted by Crippen LogP contribution is -2.12. The number of rotatable bonds is 8. The van der Waals surface area contributed by atoms with E-state index in [1.54, 1.807) is 7.11 Å². The number of methoxy groups -OCH3 is 1. The van der Waals surface area contributed by atoms with Crippen LogP contribution in [-0.4, -0.2) is 34.4 Å². The molecule has 4 aromatic rings. The van der Waals surface area contributed by atoms with Crippen LogP contribution in [0.15, 0.2) is 54.0 Å². The van der Waals surface area contributed by atoms with Crippen molar-refractivity contribution in [2.75, 3.05) is 13.7 Å². The van der Waals surface area contributed by atoms with Crippen molar-refractivity contribution in [2.24, 2.45) is 0 Å². The van der Waals surface area contributed by atoms with Gasteiger partial charge in [0.1, 0.15) is 0 Å². The first-order chi connectivity index (χ1) is 14.5. The number of nitrogens with zero attached hydrogens (tertiary/aromatic N) is 2. The van der Waals surface area contributed by atoms with E-state index in [1.165, 1.54) is 11.3 Å². The molecule has 6 heteroatoms. The van der Waals surface area contributed by atoms with Crippen LogP contribution < -0.4 is 0 Å². The normalized spacial score (nSPS) is 11.3. The first kappa shape index (κ1) is 20.3. The van der Waals surface area contributed by atoms with Gasteiger partial charge in [0.15, 0.2) is 5.78 Å². The molecular formula is C24H24N2O3S. The number of Topliss-reactive ketones (excluding diaryl/α,β-unsaturated/α-hetero) is 1. The van der Waals surface area contributed by atoms with Crippen molar-refractivity contribution in [3.8, 4) is 0 Å². The molecule has 0 atom stereocenters. The predicted octanol–water partition coefficient (Wildman–Crippen LogP) is 4.88. The third-order valence-corrected chi connectivity index (χ3v) is 6.35. The molecule has 0 amide bonds. The van der Waals surface area contributed by atoms with E-state index >= 15 is 0 Å². The number of benzene rings is 1. The van der Waals surface area contributed by atoms with E-state index < -0.39 is 0 Å². The molecule has 0 saturated heterocycles. The third-order valence-electron chi connectivity index (χ3n) is 5.49. The van der Waals surface area contributed by atoms with Gasteiger partial charge in [0.05, 0.1) is 18.0 Å². The molecule has 0 radical (unpaired) electrons. The van der Waals surface area contributed by atoms with Gasteiger partial charge in [-0.05, 0) is 37.4 Å². The van der Waals surface area contributed by atoms with Gasteiger partial charge in [0, 0.05) is 53.3 Å². The molecule has 5 nitrogen and oxygen atoms in total. The zero-order valence-corrected chi connectivity index (χ0v) is 18.2. The molecule has 0 fully saturated rings. The summed E-state index contributed by atoms with van der Waals surface area (Å²) >= 11 is 1.43. The zero-order chi connectivity index (χ0) is 21.3. The summed E-state index contributed by atoms with van der Waals surface area (Å²) in [6, 6.07) is 13.4. The lowest BCUT2D eigenvalue weighted by molar-refractivity contribution is 0.0970. The van der Waals surface area contributed by atoms with E-state index in [0.29, 0.717) is 29.2 Å². The van der Waals surface area contributed by atoms with E-state index in [4.69, 9.17) is 4.74 Å². The van der Waals surface area contributed by atoms with Crippen LogP contribution in [0.25, 0.3) is 10.9 Å². The Labute approximate surface area is 179 Å². The molecular weight excluding hydrogens is 396 g/mol. The monoisotopic (exact) mass is 420 g/mol. The van der Waals surface area contributed by atoms with Gasteiger partial charge in [0.25, 0.3) is 0 Å². The molecule has 0 spiro atoms. The molecule has 0 aliphatic heterocycles. The van der Waals surface area contributed by atoms with Crippen LogP contribution in [0, 0.1) is 13.8 Å². The Kier molecular flexibility index (Phi) is 5.70. The van der Waals surface area contributed by atoms with Crippen molar-refractivity contribution in [3.63, 3.8) is 0 Å². The summed E-state index contributed by atoms with van der Waals surface area (Å²) in [5.41, 5.74) is 4.22. The van der Waals surface area contributed by atoms with Crippen molar-refractivity contribution in [1.29, 1.82) is 0 Å². The van der Waals surface area contributed by atoms with Crippen LogP contribution in [-0.2, 0) is 17.8 Å². The standard InChI is InChI=1S/C24H24N2O3S/c1-16-13-19(17(2)26(16)10-11-29-3)22(27)15-25-14-20(18-7-4-5-8-21(18)25)24(28)23-9-6-12-30-23/h4-9,12-14H,10-11,15H2,1-3H3. The topological polar surface area (TPSA) is 53.2 Å². The fraction of sp³-hybridized carbons (Fsp3) is 0.250. The second-order valence-electron chi connectivity index (χ2n) is 7.35. The average Bonchev–Trinajstić information content (AvgIpc) is 3.46. The third kappa shape index (κ3) is 3.64. The number of fused-ring (bicyclic) bond motifs is 1. The SMILES string of the molecule is COCCn1c(C)cc(C(=O)Cn2cc(C(=O)c3cccs3)c3ccccc32)c1C. The maximum atomic E-state index is 13.2. The number of hydrogen-bond acceptors (Lipinski definition) is 4. The molecule has 30 heavy (non-hydrogen) atoms. The molecule has 0 aliphatic carbocycles. The van der Waals surface area contributed by atoms with Gasteiger partial charge in [0.2, 0.25) is 5.78 Å². The second-order valence-corrected chi connectivity index (χ2v) is 8.29. The smallest absolute Gasteiger partial charge is 0.205 e. The maximum absolute atomic E-state index is 13.2. The number of aromatic nitrogens is 2. The van der Waals surface area contributed by atoms with Crippen LogP contribution in [0.1, 0.15) is 37.0 Å². The Morgan fingerprint density at radius 2 is 1.87 bits per heavy atom. The van der Waals surface area contributed by atoms with Gasteiger partial charge < -0.3 is 13.9 Å². The molecule has 154 valence electrons. The van der Waals surface area contributed by atoms with Crippen LogP contribution in [0.5, 0.6) is 0 Å². The average molecular weight is 421 g/mol. The number of para-hydroxylation sites is 1. The lowest BCUT2D eigenvalue weighted by atomic mass is 10.1. The zero-order valence-electron chi connectivity index (χ0n) is 17.3. The fourth-order valence-electron chi connectivity index (χ4n) is 3.95. The van der Waals surface area contributed by atoms with Crippen LogP contribution in [0.4, 0.5) is 0 Å². The molecule has 0 bridgehead atoms. The van der Waals surface area contributed by atoms with Crippen molar-refractivity contribution in [3.05, 3.63) is 81.4 Å². The summed E-state index contributed by atoms with van der Waals surface area (Å²) in [6.45, 7) is 5.47. The van der Waals surface area contributed by atoms with Gasteiger partial charge in [-0.2, -0.15) is 0 Å². The van der Waals surface area contributed by atoms with Crippen molar-refractivity contribution in [2.45, 2.75) is 26.9 Å². The Morgan fingerprint density at radius 1 is 1.07 bits per heavy atom. The summed E-state index contributed by atoms with van der Waals surface area (Å²) in [7, 11) is 1.67. The number of ketones is 2. The Balaban J connectivity index is 1.68. The molecule has 4 rings (SSSR count). The summed E-state index contributed by atoms with van der Waals surface area (Å²) in [4.78, 5) is 26.9. The van der Waals surface area contributed by atoms with E-state index in [2.05, 4.69) is 4.57 Å². The van der Waals surface area contributed by atoms with E-state index in [9.17, 15) is 9.59 Å². The van der Waals surface area contributed by atoms with Gasteiger partial charge in [-0.25, -0.2) is 0 Å².